The quantitative estimate of drug-likeness (QED) is 0.139. The number of esters is 1. The van der Waals surface area contributed by atoms with Crippen LogP contribution < -0.4 is 9.47 Å². The third kappa shape index (κ3) is 7.93. The van der Waals surface area contributed by atoms with Gasteiger partial charge in [-0.1, -0.05) is 85.0 Å². The third-order valence-electron chi connectivity index (χ3n) is 9.34. The summed E-state index contributed by atoms with van der Waals surface area (Å²) in [5.74, 6) is -1.99. The van der Waals surface area contributed by atoms with Crippen molar-refractivity contribution in [3.05, 3.63) is 23.8 Å². The summed E-state index contributed by atoms with van der Waals surface area (Å²) in [6.45, 7) is 7.24. The molecule has 0 bridgehead atoms. The molecule has 0 N–H and O–H groups in total. The Morgan fingerprint density at radius 3 is 2.19 bits per heavy atom. The van der Waals surface area contributed by atoms with E-state index in [0.717, 1.165) is 44.9 Å². The van der Waals surface area contributed by atoms with E-state index in [9.17, 15) is 13.6 Å². The van der Waals surface area contributed by atoms with Crippen LogP contribution in [0.15, 0.2) is 12.1 Å². The molecule has 0 aromatic heterocycles. The van der Waals surface area contributed by atoms with E-state index >= 15 is 0 Å². The molecule has 3 nitrogen and oxygen atoms in total. The Hall–Kier alpha value is -1.65. The van der Waals surface area contributed by atoms with Crippen molar-refractivity contribution in [3.8, 4) is 11.5 Å². The number of rotatable bonds is 14. The molecule has 0 radical (unpaired) electrons. The van der Waals surface area contributed by atoms with Crippen molar-refractivity contribution in [2.45, 2.75) is 130 Å². The van der Waals surface area contributed by atoms with Gasteiger partial charge in [-0.05, 0) is 74.3 Å². The van der Waals surface area contributed by atoms with Gasteiger partial charge in [0.15, 0.2) is 11.5 Å². The molecule has 0 spiro atoms. The molecule has 0 aliphatic heterocycles. The van der Waals surface area contributed by atoms with Gasteiger partial charge in [0.2, 0.25) is 11.6 Å². The summed E-state index contributed by atoms with van der Waals surface area (Å²) in [7, 11) is 0. The highest BCUT2D eigenvalue weighted by molar-refractivity contribution is 5.75. The number of hydrogen-bond donors (Lipinski definition) is 0. The summed E-state index contributed by atoms with van der Waals surface area (Å²) in [4.78, 5) is 12.9. The van der Waals surface area contributed by atoms with Gasteiger partial charge in [0.05, 0.1) is 12.5 Å². The molecule has 1 unspecified atom stereocenters. The van der Waals surface area contributed by atoms with Crippen molar-refractivity contribution in [2.24, 2.45) is 23.2 Å². The maximum absolute atomic E-state index is 14.7. The van der Waals surface area contributed by atoms with E-state index in [1.54, 1.807) is 0 Å². The smallest absolute Gasteiger partial charge is 0.314 e. The Morgan fingerprint density at radius 2 is 1.51 bits per heavy atom. The average Bonchev–Trinajstić information content (AvgIpc) is 2.92. The topological polar surface area (TPSA) is 35.5 Å². The minimum Gasteiger partial charge on any atom is -0.490 e. The molecule has 210 valence electrons. The summed E-state index contributed by atoms with van der Waals surface area (Å²) in [6, 6.07) is 2.69. The molecule has 5 heteroatoms. The van der Waals surface area contributed by atoms with Crippen LogP contribution in [0, 0.1) is 34.8 Å². The van der Waals surface area contributed by atoms with E-state index in [4.69, 9.17) is 9.47 Å². The molecule has 2 saturated carbocycles. The van der Waals surface area contributed by atoms with E-state index in [-0.39, 0.29) is 17.4 Å². The lowest BCUT2D eigenvalue weighted by molar-refractivity contribution is -0.141. The zero-order valence-corrected chi connectivity index (χ0v) is 23.6. The maximum Gasteiger partial charge on any atom is 0.314 e. The van der Waals surface area contributed by atoms with E-state index in [2.05, 4.69) is 20.8 Å². The lowest BCUT2D eigenvalue weighted by atomic mass is 9.55. The van der Waals surface area contributed by atoms with Gasteiger partial charge in [-0.3, -0.25) is 4.79 Å². The van der Waals surface area contributed by atoms with Crippen LogP contribution in [0.2, 0.25) is 0 Å². The van der Waals surface area contributed by atoms with Crippen LogP contribution in [-0.4, -0.2) is 12.6 Å². The van der Waals surface area contributed by atoms with Gasteiger partial charge in [0.1, 0.15) is 0 Å². The van der Waals surface area contributed by atoms with Crippen molar-refractivity contribution in [1.82, 2.24) is 0 Å². The summed E-state index contributed by atoms with van der Waals surface area (Å²) >= 11 is 0. The van der Waals surface area contributed by atoms with Gasteiger partial charge in [-0.15, -0.1) is 0 Å². The molecule has 2 aliphatic rings. The van der Waals surface area contributed by atoms with Gasteiger partial charge in [-0.2, -0.15) is 8.78 Å². The molecule has 1 aromatic carbocycles. The van der Waals surface area contributed by atoms with Gasteiger partial charge >= 0.3 is 5.97 Å². The number of benzene rings is 1. The van der Waals surface area contributed by atoms with Crippen molar-refractivity contribution < 1.29 is 23.0 Å². The molecule has 0 saturated heterocycles. The number of carbonyl (C=O) groups excluding carboxylic acids is 1. The van der Waals surface area contributed by atoms with Crippen molar-refractivity contribution in [1.29, 1.82) is 0 Å². The van der Waals surface area contributed by atoms with Gasteiger partial charge in [0.25, 0.3) is 0 Å². The fourth-order valence-corrected chi connectivity index (χ4v) is 7.10. The van der Waals surface area contributed by atoms with Crippen LogP contribution >= 0.6 is 0 Å². The van der Waals surface area contributed by atoms with Crippen LogP contribution in [0.3, 0.4) is 0 Å². The molecule has 37 heavy (non-hydrogen) atoms. The zero-order chi connectivity index (χ0) is 26.7. The van der Waals surface area contributed by atoms with Gasteiger partial charge in [0, 0.05) is 0 Å². The first kappa shape index (κ1) is 29.9. The number of ether oxygens (including phenoxy) is 2. The summed E-state index contributed by atoms with van der Waals surface area (Å²) in [5.41, 5.74) is 0.406. The minimum absolute atomic E-state index is 0.120. The Balaban J connectivity index is 1.50. The Kier molecular flexibility index (Phi) is 12.2. The van der Waals surface area contributed by atoms with E-state index < -0.39 is 17.6 Å². The first-order chi connectivity index (χ1) is 17.9. The Bertz CT molecular complexity index is 826. The van der Waals surface area contributed by atoms with Crippen molar-refractivity contribution in [2.75, 3.05) is 6.61 Å². The summed E-state index contributed by atoms with van der Waals surface area (Å²) < 4.78 is 40.1. The van der Waals surface area contributed by atoms with Crippen LogP contribution in [-0.2, 0) is 4.79 Å². The fraction of sp³-hybridized carbons (Fsp3) is 0.781. The summed E-state index contributed by atoms with van der Waals surface area (Å²) in [6.07, 6.45) is 19.2. The predicted molar refractivity (Wildman–Crippen MR) is 146 cm³/mol. The molecular weight excluding hydrogens is 470 g/mol. The van der Waals surface area contributed by atoms with E-state index in [1.807, 2.05) is 0 Å². The second-order valence-electron chi connectivity index (χ2n) is 11.8. The molecule has 0 heterocycles. The number of halogens is 2. The van der Waals surface area contributed by atoms with Gasteiger partial charge < -0.3 is 9.47 Å². The average molecular weight is 521 g/mol. The molecule has 3 rings (SSSR count). The molecule has 2 fully saturated rings. The number of hydrogen-bond acceptors (Lipinski definition) is 3. The standard InChI is InChI=1S/C32H50F2O3/c1-4-6-7-8-9-13-23-36-27-19-20-28(30(34)29(27)33)37-31(35)25-15-17-26(18-16-25)32(24(3)14-5-2)21-11-10-12-22-32/h19-20,24-26H,4-18,21-23H2,1-3H3. The molecular formula is C32H50F2O3. The van der Waals surface area contributed by atoms with Crippen LogP contribution in [0.5, 0.6) is 11.5 Å². The minimum atomic E-state index is -1.14. The number of carbonyl (C=O) groups is 1. The van der Waals surface area contributed by atoms with Crippen molar-refractivity contribution >= 4 is 5.97 Å². The first-order valence-corrected chi connectivity index (χ1v) is 15.2. The fourth-order valence-electron chi connectivity index (χ4n) is 7.10. The largest absolute Gasteiger partial charge is 0.490 e. The molecule has 2 aliphatic carbocycles. The lowest BCUT2D eigenvalue weighted by Crippen LogP contribution is -2.41. The number of unbranched alkanes of at least 4 members (excludes halogenated alkanes) is 5. The second kappa shape index (κ2) is 15.1. The highest BCUT2D eigenvalue weighted by Crippen LogP contribution is 2.54. The third-order valence-corrected chi connectivity index (χ3v) is 9.34. The Morgan fingerprint density at radius 1 is 0.892 bits per heavy atom. The van der Waals surface area contributed by atoms with E-state index in [1.165, 1.54) is 76.3 Å². The first-order valence-electron chi connectivity index (χ1n) is 15.2. The molecule has 1 atom stereocenters. The van der Waals surface area contributed by atoms with Crippen molar-refractivity contribution in [3.63, 3.8) is 0 Å². The Labute approximate surface area is 224 Å². The maximum atomic E-state index is 14.7. The lowest BCUT2D eigenvalue weighted by Gasteiger charge is -2.50. The highest BCUT2D eigenvalue weighted by Gasteiger charge is 2.45. The summed E-state index contributed by atoms with van der Waals surface area (Å²) in [5, 5.41) is 0. The van der Waals surface area contributed by atoms with Crippen LogP contribution in [0.4, 0.5) is 8.78 Å². The van der Waals surface area contributed by atoms with Crippen LogP contribution in [0.1, 0.15) is 130 Å². The van der Waals surface area contributed by atoms with Gasteiger partial charge in [-0.25, -0.2) is 0 Å². The molecule has 0 amide bonds. The SMILES string of the molecule is CCCCCCCCOc1ccc(OC(=O)C2CCC(C3(C(C)CCC)CCCCC3)CC2)c(F)c1F. The van der Waals surface area contributed by atoms with Crippen LogP contribution in [0.25, 0.3) is 0 Å². The highest BCUT2D eigenvalue weighted by atomic mass is 19.2. The van der Waals surface area contributed by atoms with E-state index in [0.29, 0.717) is 23.9 Å². The second-order valence-corrected chi connectivity index (χ2v) is 11.8. The molecule has 1 aromatic rings. The monoisotopic (exact) mass is 520 g/mol. The normalized spacial score (nSPS) is 22.4. The zero-order valence-electron chi connectivity index (χ0n) is 23.6. The predicted octanol–water partition coefficient (Wildman–Crippen LogP) is 9.80.